The molecule has 1 aromatic heterocycles. The zero-order chi connectivity index (χ0) is 15.3. The summed E-state index contributed by atoms with van der Waals surface area (Å²) in [6, 6.07) is 0. The van der Waals surface area contributed by atoms with Crippen LogP contribution in [0.15, 0.2) is 0 Å². The van der Waals surface area contributed by atoms with Crippen LogP contribution in [0.3, 0.4) is 0 Å². The predicted molar refractivity (Wildman–Crippen MR) is 59.7 cm³/mol. The van der Waals surface area contributed by atoms with Crippen molar-refractivity contribution in [2.24, 2.45) is 0 Å². The maximum atomic E-state index is 12.9. The summed E-state index contributed by atoms with van der Waals surface area (Å²) in [6.45, 7) is 2.55. The van der Waals surface area contributed by atoms with E-state index in [4.69, 9.17) is 0 Å². The number of nitrogens with zero attached hydrogens (tertiary/aromatic N) is 3. The van der Waals surface area contributed by atoms with Crippen LogP contribution >= 0.6 is 0 Å². The average molecular weight is 294 g/mol. The van der Waals surface area contributed by atoms with Crippen molar-refractivity contribution in [2.45, 2.75) is 26.6 Å². The van der Waals surface area contributed by atoms with Gasteiger partial charge >= 0.3 is 12.1 Å². The quantitative estimate of drug-likeness (QED) is 0.804. The lowest BCUT2D eigenvalue weighted by Gasteiger charge is -2.10. The Balaban J connectivity index is 3.13. The number of alkyl halides is 3. The minimum Gasteiger partial charge on any atom is -0.461 e. The number of nitrogens with one attached hydrogen (secondary N) is 1. The van der Waals surface area contributed by atoms with Crippen molar-refractivity contribution in [3.05, 3.63) is 11.4 Å². The van der Waals surface area contributed by atoms with Gasteiger partial charge in [-0.1, -0.05) is 5.21 Å². The number of rotatable bonds is 5. The molecule has 0 radical (unpaired) electrons. The molecule has 1 rings (SSSR count). The number of carbonyl (C=O) groups excluding carboxylic acids is 2. The van der Waals surface area contributed by atoms with Crippen LogP contribution in [0.2, 0.25) is 0 Å². The molecule has 0 aliphatic rings. The Kier molecular flexibility index (Phi) is 5.06. The van der Waals surface area contributed by atoms with Gasteiger partial charge in [-0.25, -0.2) is 9.48 Å². The molecule has 0 fully saturated rings. The minimum absolute atomic E-state index is 0.0979. The topological polar surface area (TPSA) is 86.1 Å². The Morgan fingerprint density at radius 1 is 1.35 bits per heavy atom. The molecule has 0 saturated heterocycles. The van der Waals surface area contributed by atoms with Crippen molar-refractivity contribution in [1.29, 1.82) is 0 Å². The maximum Gasteiger partial charge on any atom is 0.435 e. The molecule has 7 nitrogen and oxygen atoms in total. The third-order valence-corrected chi connectivity index (χ3v) is 2.14. The zero-order valence-electron chi connectivity index (χ0n) is 10.8. The number of hydrogen-bond donors (Lipinski definition) is 1. The highest BCUT2D eigenvalue weighted by Gasteiger charge is 2.42. The Hall–Kier alpha value is -2.13. The lowest BCUT2D eigenvalue weighted by Crippen LogP contribution is -2.30. The van der Waals surface area contributed by atoms with Gasteiger partial charge < -0.3 is 10.1 Å². The minimum atomic E-state index is -4.88. The first-order valence-corrected chi connectivity index (χ1v) is 5.75. The molecule has 0 unspecified atom stereocenters. The molecule has 0 spiro atoms. The molecule has 0 aliphatic carbocycles. The molecule has 1 N–H and O–H groups in total. The number of amides is 1. The van der Waals surface area contributed by atoms with E-state index in [-0.39, 0.29) is 13.2 Å². The van der Waals surface area contributed by atoms with E-state index in [9.17, 15) is 22.8 Å². The summed E-state index contributed by atoms with van der Waals surface area (Å²) < 4.78 is 43.6. The number of hydrogen-bond acceptors (Lipinski definition) is 5. The molecule has 112 valence electrons. The van der Waals surface area contributed by atoms with Crippen molar-refractivity contribution in [2.75, 3.05) is 13.2 Å². The van der Waals surface area contributed by atoms with Gasteiger partial charge in [0.2, 0.25) is 11.6 Å². The Morgan fingerprint density at radius 3 is 2.50 bits per heavy atom. The number of aromatic nitrogens is 3. The van der Waals surface area contributed by atoms with E-state index in [0.29, 0.717) is 4.68 Å². The van der Waals surface area contributed by atoms with Gasteiger partial charge in [0.1, 0.15) is 6.54 Å². The molecule has 0 aliphatic heterocycles. The van der Waals surface area contributed by atoms with Crippen LogP contribution in [0.1, 0.15) is 30.0 Å². The highest BCUT2D eigenvalue weighted by molar-refractivity contribution is 5.88. The summed E-state index contributed by atoms with van der Waals surface area (Å²) in [5.41, 5.74) is -2.36. The van der Waals surface area contributed by atoms with Gasteiger partial charge in [0.25, 0.3) is 0 Å². The molecular formula is C10H13F3N4O3. The fourth-order valence-electron chi connectivity index (χ4n) is 1.43. The Bertz CT molecular complexity index is 498. The number of likely N-dealkylation sites (N-methyl/N-ethyl adjacent to an activating group) is 1. The van der Waals surface area contributed by atoms with E-state index in [1.165, 1.54) is 6.92 Å². The third-order valence-electron chi connectivity index (χ3n) is 2.14. The van der Waals surface area contributed by atoms with Crippen molar-refractivity contribution >= 4 is 11.9 Å². The average Bonchev–Trinajstić information content (AvgIpc) is 2.73. The number of ether oxygens (including phenoxy) is 1. The fourth-order valence-corrected chi connectivity index (χ4v) is 1.43. The smallest absolute Gasteiger partial charge is 0.435 e. The van der Waals surface area contributed by atoms with E-state index in [1.54, 1.807) is 6.92 Å². The van der Waals surface area contributed by atoms with Crippen molar-refractivity contribution in [3.63, 3.8) is 0 Å². The van der Waals surface area contributed by atoms with Crippen molar-refractivity contribution in [1.82, 2.24) is 20.3 Å². The molecular weight excluding hydrogens is 281 g/mol. The number of esters is 1. The second-order valence-corrected chi connectivity index (χ2v) is 3.62. The lowest BCUT2D eigenvalue weighted by atomic mass is 10.3. The van der Waals surface area contributed by atoms with Crippen LogP contribution in [-0.2, 0) is 22.3 Å². The van der Waals surface area contributed by atoms with Gasteiger partial charge in [0.15, 0.2) is 5.69 Å². The van der Waals surface area contributed by atoms with E-state index in [1.807, 2.05) is 0 Å². The molecule has 0 saturated carbocycles. The van der Waals surface area contributed by atoms with Crippen LogP contribution in [0.25, 0.3) is 0 Å². The summed E-state index contributed by atoms with van der Waals surface area (Å²) in [6.07, 6.45) is -4.88. The SMILES string of the molecule is CCNC(=O)Cn1nnc(C(=O)OCC)c1C(F)(F)F. The first-order valence-electron chi connectivity index (χ1n) is 5.75. The van der Waals surface area contributed by atoms with E-state index < -0.39 is 36.0 Å². The molecule has 20 heavy (non-hydrogen) atoms. The van der Waals surface area contributed by atoms with E-state index in [2.05, 4.69) is 20.4 Å². The second kappa shape index (κ2) is 6.35. The van der Waals surface area contributed by atoms with Crippen LogP contribution in [0.5, 0.6) is 0 Å². The van der Waals surface area contributed by atoms with Gasteiger partial charge in [0, 0.05) is 6.54 Å². The zero-order valence-corrected chi connectivity index (χ0v) is 10.8. The Labute approximate surface area is 112 Å². The summed E-state index contributed by atoms with van der Waals surface area (Å²) in [4.78, 5) is 22.7. The lowest BCUT2D eigenvalue weighted by molar-refractivity contribution is -0.145. The first kappa shape index (κ1) is 15.9. The van der Waals surface area contributed by atoms with Crippen LogP contribution in [0.4, 0.5) is 13.2 Å². The predicted octanol–water partition coefficient (Wildman–Crippen LogP) is 0.610. The molecule has 1 aromatic rings. The van der Waals surface area contributed by atoms with Crippen LogP contribution in [-0.4, -0.2) is 40.0 Å². The largest absolute Gasteiger partial charge is 0.461 e. The standard InChI is InChI=1S/C10H13F3N4O3/c1-3-14-6(18)5-17-8(10(11,12)13)7(15-16-17)9(19)20-4-2/h3-5H2,1-2H3,(H,14,18). The highest BCUT2D eigenvalue weighted by Crippen LogP contribution is 2.31. The summed E-state index contributed by atoms with van der Waals surface area (Å²) in [7, 11) is 0. The third kappa shape index (κ3) is 3.68. The van der Waals surface area contributed by atoms with E-state index >= 15 is 0 Å². The van der Waals surface area contributed by atoms with Crippen LogP contribution in [0, 0.1) is 0 Å². The normalized spacial score (nSPS) is 11.2. The van der Waals surface area contributed by atoms with E-state index in [0.717, 1.165) is 0 Å². The summed E-state index contributed by atoms with van der Waals surface area (Å²) in [5.74, 6) is -1.90. The number of halogens is 3. The highest BCUT2D eigenvalue weighted by atomic mass is 19.4. The molecule has 0 aromatic carbocycles. The van der Waals surface area contributed by atoms with Crippen molar-refractivity contribution in [3.8, 4) is 0 Å². The van der Waals surface area contributed by atoms with Gasteiger partial charge in [-0.05, 0) is 13.8 Å². The maximum absolute atomic E-state index is 12.9. The van der Waals surface area contributed by atoms with Gasteiger partial charge in [-0.3, -0.25) is 4.79 Å². The first-order chi connectivity index (χ1) is 9.31. The molecule has 10 heteroatoms. The second-order valence-electron chi connectivity index (χ2n) is 3.62. The molecule has 0 atom stereocenters. The summed E-state index contributed by atoms with van der Waals surface area (Å²) in [5, 5.41) is 8.67. The Morgan fingerprint density at radius 2 is 2.00 bits per heavy atom. The molecule has 0 bridgehead atoms. The van der Waals surface area contributed by atoms with Crippen molar-refractivity contribution < 1.29 is 27.5 Å². The van der Waals surface area contributed by atoms with Crippen LogP contribution < -0.4 is 5.32 Å². The van der Waals surface area contributed by atoms with Gasteiger partial charge in [-0.15, -0.1) is 5.10 Å². The summed E-state index contributed by atoms with van der Waals surface area (Å²) >= 11 is 0. The monoisotopic (exact) mass is 294 g/mol. The van der Waals surface area contributed by atoms with Gasteiger partial charge in [-0.2, -0.15) is 13.2 Å². The fraction of sp³-hybridized carbons (Fsp3) is 0.600. The molecule has 1 heterocycles. The number of carbonyl (C=O) groups is 2. The molecule has 1 amide bonds. The van der Waals surface area contributed by atoms with Gasteiger partial charge in [0.05, 0.1) is 6.61 Å².